The Kier molecular flexibility index (Phi) is 7.78. The van der Waals surface area contributed by atoms with Crippen molar-refractivity contribution in [3.05, 3.63) is 45.0 Å². The number of unbranched alkanes of at least 4 members (excludes halogenated alkanes) is 1. The number of piperidine rings is 1. The highest BCUT2D eigenvalue weighted by Gasteiger charge is 2.34. The van der Waals surface area contributed by atoms with E-state index < -0.39 is 17.2 Å². The van der Waals surface area contributed by atoms with Crippen LogP contribution in [-0.2, 0) is 11.3 Å². The van der Waals surface area contributed by atoms with Crippen molar-refractivity contribution in [2.45, 2.75) is 53.0 Å². The van der Waals surface area contributed by atoms with Crippen molar-refractivity contribution in [3.63, 3.8) is 0 Å². The van der Waals surface area contributed by atoms with E-state index in [9.17, 15) is 19.2 Å². The molecule has 180 valence electrons. The standard InChI is InChI=1S/C23H33N5O5/c1-4-5-10-27(18-19(24)28(12-15(2)3)23(32)25-20(18)29)22(31)16-7-6-9-26(13-16)21(30)17-8-11-33-14-17/h8,11,14-16H,4-7,9-10,12-13,24H2,1-3H3,(H,25,29,32). The number of likely N-dealkylation sites (tertiary alicyclic amines) is 1. The maximum Gasteiger partial charge on any atom is 0.330 e. The van der Waals surface area contributed by atoms with Crippen molar-refractivity contribution in [2.75, 3.05) is 30.3 Å². The van der Waals surface area contributed by atoms with Gasteiger partial charge in [-0.15, -0.1) is 0 Å². The predicted molar refractivity (Wildman–Crippen MR) is 125 cm³/mol. The zero-order valence-electron chi connectivity index (χ0n) is 19.5. The second-order valence-electron chi connectivity index (χ2n) is 8.94. The fourth-order valence-corrected chi connectivity index (χ4v) is 4.19. The number of carbonyl (C=O) groups excluding carboxylic acids is 2. The molecule has 3 rings (SSSR count). The Labute approximate surface area is 192 Å². The third-order valence-corrected chi connectivity index (χ3v) is 5.86. The highest BCUT2D eigenvalue weighted by molar-refractivity contribution is 5.98. The Bertz CT molecular complexity index is 1090. The molecule has 0 spiro atoms. The van der Waals surface area contributed by atoms with Crippen LogP contribution >= 0.6 is 0 Å². The van der Waals surface area contributed by atoms with Crippen LogP contribution in [0, 0.1) is 11.8 Å². The van der Waals surface area contributed by atoms with Gasteiger partial charge in [-0.25, -0.2) is 4.79 Å². The van der Waals surface area contributed by atoms with Gasteiger partial charge in [0.25, 0.3) is 11.5 Å². The maximum absolute atomic E-state index is 13.7. The van der Waals surface area contributed by atoms with Crippen molar-refractivity contribution >= 4 is 23.3 Å². The summed E-state index contributed by atoms with van der Waals surface area (Å²) < 4.78 is 6.32. The molecule has 33 heavy (non-hydrogen) atoms. The minimum atomic E-state index is -0.677. The van der Waals surface area contributed by atoms with Crippen molar-refractivity contribution in [1.29, 1.82) is 0 Å². The number of nitrogens with one attached hydrogen (secondary N) is 1. The summed E-state index contributed by atoms with van der Waals surface area (Å²) >= 11 is 0. The SMILES string of the molecule is CCCCN(C(=O)C1CCCN(C(=O)c2ccoc2)C1)c1c(N)n(CC(C)C)c(=O)[nH]c1=O. The third kappa shape index (κ3) is 5.37. The summed E-state index contributed by atoms with van der Waals surface area (Å²) in [6, 6.07) is 1.60. The molecule has 10 heteroatoms. The van der Waals surface area contributed by atoms with Gasteiger partial charge in [-0.05, 0) is 31.2 Å². The monoisotopic (exact) mass is 459 g/mol. The van der Waals surface area contributed by atoms with Gasteiger partial charge in [-0.1, -0.05) is 27.2 Å². The van der Waals surface area contributed by atoms with Crippen LogP contribution in [0.4, 0.5) is 11.5 Å². The molecule has 2 aromatic rings. The van der Waals surface area contributed by atoms with Gasteiger partial charge in [0, 0.05) is 26.2 Å². The molecule has 0 aromatic carbocycles. The Morgan fingerprint density at radius 1 is 1.33 bits per heavy atom. The fourth-order valence-electron chi connectivity index (χ4n) is 4.19. The second-order valence-corrected chi connectivity index (χ2v) is 8.94. The molecule has 2 amide bonds. The number of anilines is 2. The lowest BCUT2D eigenvalue weighted by Crippen LogP contribution is -2.49. The van der Waals surface area contributed by atoms with Crippen LogP contribution in [0.2, 0.25) is 0 Å². The molecule has 0 saturated carbocycles. The van der Waals surface area contributed by atoms with Crippen LogP contribution < -0.4 is 21.9 Å². The zero-order chi connectivity index (χ0) is 24.1. The summed E-state index contributed by atoms with van der Waals surface area (Å²) in [5.74, 6) is -0.826. The minimum absolute atomic E-state index is 0.00647. The van der Waals surface area contributed by atoms with E-state index in [1.54, 1.807) is 11.0 Å². The Morgan fingerprint density at radius 2 is 2.09 bits per heavy atom. The Balaban J connectivity index is 1.93. The molecule has 0 aliphatic carbocycles. The first-order valence-electron chi connectivity index (χ1n) is 11.5. The number of aromatic nitrogens is 2. The van der Waals surface area contributed by atoms with Crippen LogP contribution in [0.15, 0.2) is 32.6 Å². The number of furan rings is 1. The van der Waals surface area contributed by atoms with Crippen molar-refractivity contribution < 1.29 is 14.0 Å². The van der Waals surface area contributed by atoms with E-state index in [0.29, 0.717) is 44.5 Å². The van der Waals surface area contributed by atoms with E-state index in [0.717, 1.165) is 6.42 Å². The van der Waals surface area contributed by atoms with Crippen LogP contribution in [0.5, 0.6) is 0 Å². The number of amides is 2. The van der Waals surface area contributed by atoms with Crippen LogP contribution in [0.1, 0.15) is 56.8 Å². The average molecular weight is 460 g/mol. The molecule has 10 nitrogen and oxygen atoms in total. The molecule has 1 saturated heterocycles. The number of nitrogen functional groups attached to an aromatic ring is 1. The van der Waals surface area contributed by atoms with E-state index in [-0.39, 0.29) is 35.8 Å². The molecule has 1 atom stereocenters. The number of hydrogen-bond donors (Lipinski definition) is 2. The summed E-state index contributed by atoms with van der Waals surface area (Å²) in [5.41, 5.74) is 5.46. The number of hydrogen-bond acceptors (Lipinski definition) is 6. The first kappa shape index (κ1) is 24.3. The lowest BCUT2D eigenvalue weighted by atomic mass is 9.95. The lowest BCUT2D eigenvalue weighted by Gasteiger charge is -2.35. The number of rotatable bonds is 8. The summed E-state index contributed by atoms with van der Waals surface area (Å²) in [6.45, 7) is 7.27. The Morgan fingerprint density at radius 3 is 2.73 bits per heavy atom. The van der Waals surface area contributed by atoms with Gasteiger partial charge in [-0.3, -0.25) is 23.9 Å². The van der Waals surface area contributed by atoms with Crippen LogP contribution in [-0.4, -0.2) is 45.9 Å². The first-order valence-corrected chi connectivity index (χ1v) is 11.5. The highest BCUT2D eigenvalue weighted by atomic mass is 16.3. The quantitative estimate of drug-likeness (QED) is 0.620. The minimum Gasteiger partial charge on any atom is -0.472 e. The van der Waals surface area contributed by atoms with Crippen LogP contribution in [0.3, 0.4) is 0 Å². The first-order chi connectivity index (χ1) is 15.7. The molecule has 3 N–H and O–H groups in total. The molecule has 1 fully saturated rings. The topological polar surface area (TPSA) is 135 Å². The summed E-state index contributed by atoms with van der Waals surface area (Å²) in [7, 11) is 0. The summed E-state index contributed by atoms with van der Waals surface area (Å²) in [4.78, 5) is 56.9. The molecular formula is C23H33N5O5. The number of aromatic amines is 1. The molecule has 2 aromatic heterocycles. The highest BCUT2D eigenvalue weighted by Crippen LogP contribution is 2.25. The molecule has 3 heterocycles. The molecule has 1 unspecified atom stereocenters. The van der Waals surface area contributed by atoms with E-state index >= 15 is 0 Å². The number of carbonyl (C=O) groups is 2. The molecule has 1 aliphatic heterocycles. The third-order valence-electron chi connectivity index (χ3n) is 5.86. The van der Waals surface area contributed by atoms with E-state index in [2.05, 4.69) is 4.98 Å². The number of H-pyrrole nitrogens is 1. The summed E-state index contributed by atoms with van der Waals surface area (Å²) in [5, 5.41) is 0. The number of nitrogens with zero attached hydrogens (tertiary/aromatic N) is 3. The molecule has 1 aliphatic rings. The van der Waals surface area contributed by atoms with E-state index in [1.807, 2.05) is 20.8 Å². The van der Waals surface area contributed by atoms with Crippen LogP contribution in [0.25, 0.3) is 0 Å². The van der Waals surface area contributed by atoms with Crippen molar-refractivity contribution in [3.8, 4) is 0 Å². The molecule has 0 radical (unpaired) electrons. The predicted octanol–water partition coefficient (Wildman–Crippen LogP) is 2.05. The van der Waals surface area contributed by atoms with Gasteiger partial charge in [0.2, 0.25) is 5.91 Å². The second kappa shape index (κ2) is 10.5. The molecular weight excluding hydrogens is 426 g/mol. The van der Waals surface area contributed by atoms with Gasteiger partial charge in [-0.2, -0.15) is 0 Å². The van der Waals surface area contributed by atoms with Gasteiger partial charge in [0.1, 0.15) is 12.1 Å². The zero-order valence-corrected chi connectivity index (χ0v) is 19.5. The fraction of sp³-hybridized carbons (Fsp3) is 0.565. The van der Waals surface area contributed by atoms with E-state index in [1.165, 1.54) is 22.0 Å². The number of nitrogens with two attached hydrogens (primary N) is 1. The van der Waals surface area contributed by atoms with Crippen molar-refractivity contribution in [2.24, 2.45) is 11.8 Å². The molecule has 0 bridgehead atoms. The summed E-state index contributed by atoms with van der Waals surface area (Å²) in [6.07, 6.45) is 5.56. The smallest absolute Gasteiger partial charge is 0.330 e. The lowest BCUT2D eigenvalue weighted by molar-refractivity contribution is -0.123. The van der Waals surface area contributed by atoms with Gasteiger partial charge in [0.05, 0.1) is 17.7 Å². The average Bonchev–Trinajstić information content (AvgIpc) is 3.32. The largest absolute Gasteiger partial charge is 0.472 e. The normalized spacial score (nSPS) is 16.2. The van der Waals surface area contributed by atoms with Gasteiger partial charge in [0.15, 0.2) is 5.69 Å². The van der Waals surface area contributed by atoms with Gasteiger partial charge >= 0.3 is 5.69 Å². The Hall–Kier alpha value is -3.30. The van der Waals surface area contributed by atoms with Gasteiger partial charge < -0.3 is 20.0 Å². The maximum atomic E-state index is 13.7. The van der Waals surface area contributed by atoms with E-state index in [4.69, 9.17) is 10.2 Å². The van der Waals surface area contributed by atoms with Crippen molar-refractivity contribution in [1.82, 2.24) is 14.5 Å².